The van der Waals surface area contributed by atoms with Gasteiger partial charge in [-0.15, -0.1) is 0 Å². The predicted octanol–water partition coefficient (Wildman–Crippen LogP) is 2.65. The van der Waals surface area contributed by atoms with E-state index in [1.54, 1.807) is 13.8 Å². The molecule has 0 atom stereocenters. The number of nitrogens with one attached hydrogen (secondary N) is 1. The van der Waals surface area contributed by atoms with Crippen molar-refractivity contribution in [3.8, 4) is 0 Å². The predicted molar refractivity (Wildman–Crippen MR) is 65.6 cm³/mol. The topological polar surface area (TPSA) is 64.3 Å². The summed E-state index contributed by atoms with van der Waals surface area (Å²) < 4.78 is 42.3. The second kappa shape index (κ2) is 5.92. The average Bonchev–Trinajstić information content (AvgIpc) is 2.27. The number of ether oxygens (including phenoxy) is 1. The van der Waals surface area contributed by atoms with Crippen LogP contribution in [-0.2, 0) is 15.7 Å². The molecular formula is C12H15F3N2O2. The quantitative estimate of drug-likeness (QED) is 0.831. The number of rotatable bonds is 4. The van der Waals surface area contributed by atoms with Gasteiger partial charge in [-0.25, -0.2) is 0 Å². The smallest absolute Gasteiger partial charge is 0.397 e. The Hall–Kier alpha value is -1.76. The highest BCUT2D eigenvalue weighted by Crippen LogP contribution is 2.32. The maximum atomic E-state index is 12.4. The molecule has 3 N–H and O–H groups in total. The molecule has 1 aromatic rings. The third kappa shape index (κ3) is 4.78. The molecule has 0 radical (unpaired) electrons. The molecule has 1 amide bonds. The van der Waals surface area contributed by atoms with E-state index in [4.69, 9.17) is 10.5 Å². The number of hydrogen-bond acceptors (Lipinski definition) is 3. The van der Waals surface area contributed by atoms with Crippen LogP contribution in [0.2, 0.25) is 0 Å². The van der Waals surface area contributed by atoms with Crippen molar-refractivity contribution < 1.29 is 22.7 Å². The monoisotopic (exact) mass is 276 g/mol. The van der Waals surface area contributed by atoms with Crippen molar-refractivity contribution in [1.82, 2.24) is 0 Å². The van der Waals surface area contributed by atoms with Crippen LogP contribution in [0.15, 0.2) is 18.2 Å². The Morgan fingerprint density at radius 2 is 2.05 bits per heavy atom. The molecule has 1 rings (SSSR count). The number of amides is 1. The van der Waals surface area contributed by atoms with E-state index in [1.807, 2.05) is 0 Å². The van der Waals surface area contributed by atoms with Crippen LogP contribution in [0, 0.1) is 0 Å². The third-order valence-corrected chi connectivity index (χ3v) is 2.20. The fraction of sp³-hybridized carbons (Fsp3) is 0.417. The minimum atomic E-state index is -4.46. The van der Waals surface area contributed by atoms with E-state index in [0.29, 0.717) is 0 Å². The minimum absolute atomic E-state index is 0.115. The van der Waals surface area contributed by atoms with Gasteiger partial charge in [-0.1, -0.05) is 0 Å². The molecule has 0 aromatic heterocycles. The van der Waals surface area contributed by atoms with Crippen molar-refractivity contribution in [1.29, 1.82) is 0 Å². The highest BCUT2D eigenvalue weighted by atomic mass is 19.4. The summed E-state index contributed by atoms with van der Waals surface area (Å²) in [6, 6.07) is 2.75. The molecule has 0 unspecified atom stereocenters. The highest BCUT2D eigenvalue weighted by Gasteiger charge is 2.30. The fourth-order valence-corrected chi connectivity index (χ4v) is 1.28. The molecule has 0 fully saturated rings. The third-order valence-electron chi connectivity index (χ3n) is 2.20. The van der Waals surface area contributed by atoms with Crippen molar-refractivity contribution in [2.75, 3.05) is 17.7 Å². The number of anilines is 2. The molecule has 1 aromatic carbocycles. The largest absolute Gasteiger partial charge is 0.416 e. The summed E-state index contributed by atoms with van der Waals surface area (Å²) in [7, 11) is 0. The van der Waals surface area contributed by atoms with Crippen LogP contribution < -0.4 is 11.1 Å². The molecule has 0 aliphatic carbocycles. The number of carbonyl (C=O) groups is 1. The molecule has 0 saturated heterocycles. The Bertz CT molecular complexity index is 459. The number of nitrogen functional groups attached to an aromatic ring is 1. The molecule has 19 heavy (non-hydrogen) atoms. The summed E-state index contributed by atoms with van der Waals surface area (Å²) in [6.45, 7) is 3.34. The zero-order valence-electron chi connectivity index (χ0n) is 10.5. The number of halogens is 3. The first-order chi connectivity index (χ1) is 8.70. The Balaban J connectivity index is 2.73. The van der Waals surface area contributed by atoms with Gasteiger partial charge in [0.2, 0.25) is 5.91 Å². The van der Waals surface area contributed by atoms with Gasteiger partial charge in [-0.05, 0) is 32.0 Å². The lowest BCUT2D eigenvalue weighted by atomic mass is 10.1. The molecule has 106 valence electrons. The molecule has 0 saturated carbocycles. The van der Waals surface area contributed by atoms with Crippen LogP contribution in [0.1, 0.15) is 19.4 Å². The van der Waals surface area contributed by atoms with Gasteiger partial charge in [0.05, 0.1) is 23.0 Å². The molecule has 0 bridgehead atoms. The molecule has 0 aliphatic heterocycles. The molecule has 0 spiro atoms. The summed E-state index contributed by atoms with van der Waals surface area (Å²) in [5.74, 6) is -0.472. The lowest BCUT2D eigenvalue weighted by Gasteiger charge is -2.12. The van der Waals surface area contributed by atoms with Gasteiger partial charge in [-0.2, -0.15) is 13.2 Å². The average molecular weight is 276 g/mol. The van der Waals surface area contributed by atoms with Crippen LogP contribution in [-0.4, -0.2) is 18.6 Å². The van der Waals surface area contributed by atoms with Gasteiger partial charge < -0.3 is 15.8 Å². The zero-order chi connectivity index (χ0) is 14.6. The lowest BCUT2D eigenvalue weighted by Crippen LogP contribution is -2.21. The first kappa shape index (κ1) is 15.3. The first-order valence-electron chi connectivity index (χ1n) is 5.58. The van der Waals surface area contributed by atoms with Crippen molar-refractivity contribution >= 4 is 17.3 Å². The van der Waals surface area contributed by atoms with Gasteiger partial charge in [0.15, 0.2) is 0 Å². The van der Waals surface area contributed by atoms with E-state index in [0.717, 1.165) is 18.2 Å². The van der Waals surface area contributed by atoms with Crippen LogP contribution in [0.3, 0.4) is 0 Å². The second-order valence-corrected chi connectivity index (χ2v) is 4.21. The molecule has 0 heterocycles. The van der Waals surface area contributed by atoms with E-state index in [-0.39, 0.29) is 24.1 Å². The van der Waals surface area contributed by atoms with E-state index in [2.05, 4.69) is 5.32 Å². The van der Waals surface area contributed by atoms with Crippen LogP contribution in [0.25, 0.3) is 0 Å². The maximum absolute atomic E-state index is 12.4. The number of benzene rings is 1. The van der Waals surface area contributed by atoms with E-state index < -0.39 is 17.6 Å². The van der Waals surface area contributed by atoms with Crippen molar-refractivity contribution in [3.63, 3.8) is 0 Å². The number of carbonyl (C=O) groups excluding carboxylic acids is 1. The Labute approximate surface area is 108 Å². The Kier molecular flexibility index (Phi) is 4.77. The SMILES string of the molecule is CC(C)OCC(=O)Nc1ccc(C(F)(F)F)cc1N. The van der Waals surface area contributed by atoms with Crippen molar-refractivity contribution in [2.45, 2.75) is 26.1 Å². The van der Waals surface area contributed by atoms with E-state index in [1.165, 1.54) is 0 Å². The summed E-state index contributed by atoms with van der Waals surface area (Å²) in [5.41, 5.74) is 4.59. The number of hydrogen-bond donors (Lipinski definition) is 2. The van der Waals surface area contributed by atoms with Gasteiger partial charge in [0.25, 0.3) is 0 Å². The minimum Gasteiger partial charge on any atom is -0.397 e. The summed E-state index contributed by atoms with van der Waals surface area (Å²) in [4.78, 5) is 11.4. The summed E-state index contributed by atoms with van der Waals surface area (Å²) in [6.07, 6.45) is -4.58. The normalized spacial score (nSPS) is 11.7. The van der Waals surface area contributed by atoms with Gasteiger partial charge in [-0.3, -0.25) is 4.79 Å². The van der Waals surface area contributed by atoms with Crippen molar-refractivity contribution in [3.05, 3.63) is 23.8 Å². The summed E-state index contributed by atoms with van der Waals surface area (Å²) in [5, 5.41) is 2.39. The zero-order valence-corrected chi connectivity index (χ0v) is 10.5. The van der Waals surface area contributed by atoms with Crippen LogP contribution >= 0.6 is 0 Å². The molecule has 7 heteroatoms. The number of alkyl halides is 3. The van der Waals surface area contributed by atoms with Gasteiger partial charge in [0, 0.05) is 0 Å². The second-order valence-electron chi connectivity index (χ2n) is 4.21. The van der Waals surface area contributed by atoms with Crippen LogP contribution in [0.4, 0.5) is 24.5 Å². The Morgan fingerprint density at radius 3 is 2.53 bits per heavy atom. The first-order valence-corrected chi connectivity index (χ1v) is 5.58. The highest BCUT2D eigenvalue weighted by molar-refractivity contribution is 5.94. The maximum Gasteiger partial charge on any atom is 0.416 e. The standard InChI is InChI=1S/C12H15F3N2O2/c1-7(2)19-6-11(18)17-10-4-3-8(5-9(10)16)12(13,14)15/h3-5,7H,6,16H2,1-2H3,(H,17,18). The molecular weight excluding hydrogens is 261 g/mol. The molecule has 4 nitrogen and oxygen atoms in total. The van der Waals surface area contributed by atoms with Crippen molar-refractivity contribution in [2.24, 2.45) is 0 Å². The van der Waals surface area contributed by atoms with E-state index >= 15 is 0 Å². The summed E-state index contributed by atoms with van der Waals surface area (Å²) >= 11 is 0. The van der Waals surface area contributed by atoms with E-state index in [9.17, 15) is 18.0 Å². The van der Waals surface area contributed by atoms with Gasteiger partial charge >= 0.3 is 6.18 Å². The fourth-order valence-electron chi connectivity index (χ4n) is 1.28. The Morgan fingerprint density at radius 1 is 1.42 bits per heavy atom. The lowest BCUT2D eigenvalue weighted by molar-refractivity contribution is -0.137. The number of nitrogens with two attached hydrogens (primary N) is 1. The van der Waals surface area contributed by atoms with Crippen LogP contribution in [0.5, 0.6) is 0 Å². The molecule has 0 aliphatic rings. The van der Waals surface area contributed by atoms with Gasteiger partial charge in [0.1, 0.15) is 6.61 Å².